The van der Waals surface area contributed by atoms with E-state index < -0.39 is 0 Å². The van der Waals surface area contributed by atoms with Gasteiger partial charge in [-0.2, -0.15) is 0 Å². The van der Waals surface area contributed by atoms with Crippen LogP contribution in [0.5, 0.6) is 0 Å². The van der Waals surface area contributed by atoms with Gasteiger partial charge >= 0.3 is 5.97 Å². The van der Waals surface area contributed by atoms with Crippen molar-refractivity contribution in [2.24, 2.45) is 0 Å². The van der Waals surface area contributed by atoms with E-state index in [1.54, 1.807) is 30.9 Å². The maximum absolute atomic E-state index is 11.6. The van der Waals surface area contributed by atoms with Crippen LogP contribution in [-0.2, 0) is 4.74 Å². The molecule has 3 aromatic heterocycles. The van der Waals surface area contributed by atoms with Crippen molar-refractivity contribution in [2.45, 2.75) is 0 Å². The van der Waals surface area contributed by atoms with Gasteiger partial charge in [0.05, 0.1) is 24.4 Å². The average molecular weight is 253 g/mol. The first-order valence-corrected chi connectivity index (χ1v) is 5.75. The lowest BCUT2D eigenvalue weighted by Crippen LogP contribution is -2.03. The third kappa shape index (κ3) is 1.95. The standard InChI is InChI=1S/C14H11N3O2/c1-19-14(18)11-2-3-12-8-16-13(17(12)9-11)10-4-6-15-7-5-10/h2-9H,1H3. The van der Waals surface area contributed by atoms with Gasteiger partial charge in [-0.1, -0.05) is 0 Å². The molecule has 0 saturated heterocycles. The zero-order chi connectivity index (χ0) is 13.2. The lowest BCUT2D eigenvalue weighted by molar-refractivity contribution is 0.0600. The molecule has 0 radical (unpaired) electrons. The van der Waals surface area contributed by atoms with Crippen LogP contribution in [-0.4, -0.2) is 27.4 Å². The van der Waals surface area contributed by atoms with Gasteiger partial charge in [0.2, 0.25) is 0 Å². The van der Waals surface area contributed by atoms with Gasteiger partial charge in [-0.3, -0.25) is 9.38 Å². The summed E-state index contributed by atoms with van der Waals surface area (Å²) in [5, 5.41) is 0. The summed E-state index contributed by atoms with van der Waals surface area (Å²) in [5.74, 6) is 0.402. The highest BCUT2D eigenvalue weighted by Gasteiger charge is 2.10. The molecule has 0 amide bonds. The Kier molecular flexibility index (Phi) is 2.72. The topological polar surface area (TPSA) is 56.5 Å². The Morgan fingerprint density at radius 1 is 1.21 bits per heavy atom. The molecule has 3 rings (SSSR count). The molecule has 3 aromatic rings. The first-order valence-electron chi connectivity index (χ1n) is 5.75. The number of nitrogens with zero attached hydrogens (tertiary/aromatic N) is 3. The van der Waals surface area contributed by atoms with Crippen LogP contribution in [0.2, 0.25) is 0 Å². The highest BCUT2D eigenvalue weighted by molar-refractivity contribution is 5.89. The molecule has 0 N–H and O–H groups in total. The Morgan fingerprint density at radius 2 is 2.00 bits per heavy atom. The molecule has 0 fully saturated rings. The molecule has 5 nitrogen and oxygen atoms in total. The number of hydrogen-bond donors (Lipinski definition) is 0. The van der Waals surface area contributed by atoms with Crippen molar-refractivity contribution >= 4 is 11.5 Å². The highest BCUT2D eigenvalue weighted by Crippen LogP contribution is 2.19. The number of imidazole rings is 1. The molecule has 3 heterocycles. The van der Waals surface area contributed by atoms with E-state index in [-0.39, 0.29) is 5.97 Å². The summed E-state index contributed by atoms with van der Waals surface area (Å²) in [5.41, 5.74) is 2.35. The van der Waals surface area contributed by atoms with Crippen LogP contribution in [0.1, 0.15) is 10.4 Å². The van der Waals surface area contributed by atoms with Crippen molar-refractivity contribution in [2.75, 3.05) is 7.11 Å². The second kappa shape index (κ2) is 4.53. The van der Waals surface area contributed by atoms with E-state index in [2.05, 4.69) is 9.97 Å². The molecule has 0 aliphatic heterocycles. The minimum Gasteiger partial charge on any atom is -0.465 e. The van der Waals surface area contributed by atoms with E-state index in [9.17, 15) is 4.79 Å². The first kappa shape index (κ1) is 11.4. The summed E-state index contributed by atoms with van der Waals surface area (Å²) in [7, 11) is 1.37. The molecule has 0 atom stereocenters. The number of pyridine rings is 2. The number of hydrogen-bond acceptors (Lipinski definition) is 4. The first-order chi connectivity index (χ1) is 9.29. The third-order valence-electron chi connectivity index (χ3n) is 2.89. The lowest BCUT2D eigenvalue weighted by Gasteiger charge is -2.03. The Labute approximate surface area is 109 Å². The minimum atomic E-state index is -0.365. The fraction of sp³-hybridized carbons (Fsp3) is 0.0714. The van der Waals surface area contributed by atoms with Gasteiger partial charge in [0.15, 0.2) is 0 Å². The number of ether oxygens (including phenoxy) is 1. The molecule has 0 unspecified atom stereocenters. The van der Waals surface area contributed by atoms with Gasteiger partial charge in [-0.25, -0.2) is 9.78 Å². The zero-order valence-corrected chi connectivity index (χ0v) is 10.3. The van der Waals surface area contributed by atoms with Crippen molar-refractivity contribution in [3.05, 3.63) is 54.6 Å². The van der Waals surface area contributed by atoms with Crippen LogP contribution < -0.4 is 0 Å². The van der Waals surface area contributed by atoms with Crippen LogP contribution in [0.4, 0.5) is 0 Å². The van der Waals surface area contributed by atoms with Gasteiger partial charge < -0.3 is 4.74 Å². The summed E-state index contributed by atoms with van der Waals surface area (Å²) in [6.45, 7) is 0. The summed E-state index contributed by atoms with van der Waals surface area (Å²) in [6.07, 6.45) is 6.90. The minimum absolute atomic E-state index is 0.365. The summed E-state index contributed by atoms with van der Waals surface area (Å²) < 4.78 is 6.59. The predicted octanol–water partition coefficient (Wildman–Crippen LogP) is 2.18. The Bertz CT molecular complexity index is 735. The van der Waals surface area contributed by atoms with E-state index in [0.29, 0.717) is 5.56 Å². The molecule has 0 spiro atoms. The smallest absolute Gasteiger partial charge is 0.339 e. The number of methoxy groups -OCH3 is 1. The molecule has 5 heteroatoms. The van der Waals surface area contributed by atoms with E-state index in [1.165, 1.54) is 7.11 Å². The van der Waals surface area contributed by atoms with Gasteiger partial charge in [0.25, 0.3) is 0 Å². The quantitative estimate of drug-likeness (QED) is 0.657. The number of carbonyl (C=O) groups excluding carboxylic acids is 1. The maximum Gasteiger partial charge on any atom is 0.339 e. The number of esters is 1. The van der Waals surface area contributed by atoms with Crippen LogP contribution in [0.15, 0.2) is 49.1 Å². The fourth-order valence-corrected chi connectivity index (χ4v) is 1.94. The molecular weight excluding hydrogens is 242 g/mol. The number of aromatic nitrogens is 3. The second-order valence-electron chi connectivity index (χ2n) is 4.02. The SMILES string of the molecule is COC(=O)c1ccc2cnc(-c3ccncc3)n2c1. The van der Waals surface area contributed by atoms with Gasteiger partial charge in [-0.15, -0.1) is 0 Å². The van der Waals surface area contributed by atoms with Gasteiger partial charge in [0.1, 0.15) is 5.82 Å². The Hall–Kier alpha value is -2.69. The van der Waals surface area contributed by atoms with Crippen LogP contribution in [0.25, 0.3) is 16.9 Å². The Balaban J connectivity index is 2.19. The largest absolute Gasteiger partial charge is 0.465 e. The maximum atomic E-state index is 11.6. The molecule has 0 aliphatic rings. The average Bonchev–Trinajstić information content (AvgIpc) is 2.90. The number of rotatable bonds is 2. The van der Waals surface area contributed by atoms with Crippen molar-refractivity contribution in [1.29, 1.82) is 0 Å². The van der Waals surface area contributed by atoms with Gasteiger partial charge in [0, 0.05) is 24.2 Å². The highest BCUT2D eigenvalue weighted by atomic mass is 16.5. The van der Waals surface area contributed by atoms with Crippen LogP contribution in [0, 0.1) is 0 Å². The Morgan fingerprint density at radius 3 is 2.74 bits per heavy atom. The molecule has 0 saturated carbocycles. The van der Waals surface area contributed by atoms with Crippen LogP contribution >= 0.6 is 0 Å². The van der Waals surface area contributed by atoms with E-state index >= 15 is 0 Å². The van der Waals surface area contributed by atoms with Crippen molar-refractivity contribution < 1.29 is 9.53 Å². The van der Waals surface area contributed by atoms with Crippen molar-refractivity contribution in [3.63, 3.8) is 0 Å². The molecule has 19 heavy (non-hydrogen) atoms. The molecule has 94 valence electrons. The monoisotopic (exact) mass is 253 g/mol. The summed E-state index contributed by atoms with van der Waals surface area (Å²) in [4.78, 5) is 19.9. The van der Waals surface area contributed by atoms with E-state index in [1.807, 2.05) is 22.6 Å². The molecule has 0 aliphatic carbocycles. The predicted molar refractivity (Wildman–Crippen MR) is 69.8 cm³/mol. The van der Waals surface area contributed by atoms with Crippen LogP contribution in [0.3, 0.4) is 0 Å². The van der Waals surface area contributed by atoms with Crippen molar-refractivity contribution in [3.8, 4) is 11.4 Å². The molecule has 0 bridgehead atoms. The number of fused-ring (bicyclic) bond motifs is 1. The second-order valence-corrected chi connectivity index (χ2v) is 4.02. The molecule has 0 aromatic carbocycles. The van der Waals surface area contributed by atoms with Gasteiger partial charge in [-0.05, 0) is 24.3 Å². The van der Waals surface area contributed by atoms with E-state index in [0.717, 1.165) is 16.9 Å². The normalized spacial score (nSPS) is 10.6. The van der Waals surface area contributed by atoms with E-state index in [4.69, 9.17) is 4.74 Å². The summed E-state index contributed by atoms with van der Waals surface area (Å²) in [6, 6.07) is 7.31. The van der Waals surface area contributed by atoms with Crippen molar-refractivity contribution in [1.82, 2.24) is 14.4 Å². The summed E-state index contributed by atoms with van der Waals surface area (Å²) >= 11 is 0. The fourth-order valence-electron chi connectivity index (χ4n) is 1.94. The number of carbonyl (C=O) groups is 1. The zero-order valence-electron chi connectivity index (χ0n) is 10.3. The molecular formula is C14H11N3O2. The third-order valence-corrected chi connectivity index (χ3v) is 2.89. The lowest BCUT2D eigenvalue weighted by atomic mass is 10.2.